The van der Waals surface area contributed by atoms with Gasteiger partial charge in [0.25, 0.3) is 15.9 Å². The summed E-state index contributed by atoms with van der Waals surface area (Å²) in [4.78, 5) is 25.2. The number of nitrogens with one attached hydrogen (secondary N) is 1. The maximum atomic E-state index is 13.5. The molecule has 176 valence electrons. The first-order valence-corrected chi connectivity index (χ1v) is 11.7. The molecule has 34 heavy (non-hydrogen) atoms. The van der Waals surface area contributed by atoms with Crippen LogP contribution in [0.1, 0.15) is 10.4 Å². The van der Waals surface area contributed by atoms with Gasteiger partial charge >= 0.3 is 5.97 Å². The van der Waals surface area contributed by atoms with Gasteiger partial charge in [-0.05, 0) is 48.5 Å². The first kappa shape index (κ1) is 23.1. The number of para-hydroxylation sites is 3. The van der Waals surface area contributed by atoms with E-state index in [1.165, 1.54) is 32.4 Å². The molecule has 1 heterocycles. The summed E-state index contributed by atoms with van der Waals surface area (Å²) in [6.45, 7) is -0.266. The van der Waals surface area contributed by atoms with Gasteiger partial charge in [-0.25, -0.2) is 13.2 Å². The number of methoxy groups -OCH3 is 2. The first-order chi connectivity index (χ1) is 16.3. The predicted molar refractivity (Wildman–Crippen MR) is 125 cm³/mol. The number of carbonyl (C=O) groups excluding carboxylic acids is 2. The Hall–Kier alpha value is -4.05. The second-order valence-corrected chi connectivity index (χ2v) is 9.17. The van der Waals surface area contributed by atoms with Crippen LogP contribution in [0.25, 0.3) is 0 Å². The lowest BCUT2D eigenvalue weighted by molar-refractivity contribution is -0.122. The monoisotopic (exact) mass is 482 g/mol. The Kier molecular flexibility index (Phi) is 6.42. The minimum atomic E-state index is -4.02. The van der Waals surface area contributed by atoms with E-state index in [9.17, 15) is 18.0 Å². The third kappa shape index (κ3) is 4.40. The van der Waals surface area contributed by atoms with Crippen LogP contribution in [0.2, 0.25) is 0 Å². The van der Waals surface area contributed by atoms with Crippen molar-refractivity contribution in [2.45, 2.75) is 11.0 Å². The van der Waals surface area contributed by atoms with E-state index in [0.29, 0.717) is 11.4 Å². The molecule has 0 spiro atoms. The van der Waals surface area contributed by atoms with Crippen LogP contribution in [0.4, 0.5) is 11.4 Å². The Morgan fingerprint density at radius 2 is 1.65 bits per heavy atom. The molecular formula is C24H22N2O7S. The summed E-state index contributed by atoms with van der Waals surface area (Å²) in [5, 5.41) is 2.65. The van der Waals surface area contributed by atoms with Crippen LogP contribution in [-0.4, -0.2) is 47.2 Å². The second kappa shape index (κ2) is 9.44. The Labute approximate surface area is 196 Å². The van der Waals surface area contributed by atoms with Gasteiger partial charge in [0.1, 0.15) is 11.5 Å². The van der Waals surface area contributed by atoms with Crippen molar-refractivity contribution in [3.05, 3.63) is 78.4 Å². The van der Waals surface area contributed by atoms with Crippen LogP contribution in [-0.2, 0) is 19.6 Å². The molecular weight excluding hydrogens is 460 g/mol. The third-order valence-electron chi connectivity index (χ3n) is 5.26. The van der Waals surface area contributed by atoms with E-state index in [0.717, 1.165) is 4.31 Å². The molecule has 0 aromatic heterocycles. The molecule has 0 radical (unpaired) electrons. The summed E-state index contributed by atoms with van der Waals surface area (Å²) >= 11 is 0. The minimum absolute atomic E-state index is 0.0419. The SMILES string of the molecule is COC(=O)c1ccccc1NC(=O)[C@@H]1CN(S(=O)(=O)c2ccc(OC)cc2)c2ccccc2O1. The number of amides is 1. The fraction of sp³-hybridized carbons (Fsp3) is 0.167. The van der Waals surface area contributed by atoms with Crippen molar-refractivity contribution in [1.82, 2.24) is 0 Å². The Bertz CT molecular complexity index is 1320. The summed E-state index contributed by atoms with van der Waals surface area (Å²) in [5.41, 5.74) is 0.709. The number of ether oxygens (including phenoxy) is 3. The van der Waals surface area contributed by atoms with Gasteiger partial charge in [-0.15, -0.1) is 0 Å². The lowest BCUT2D eigenvalue weighted by Crippen LogP contribution is -2.48. The highest BCUT2D eigenvalue weighted by atomic mass is 32.2. The first-order valence-electron chi connectivity index (χ1n) is 10.3. The topological polar surface area (TPSA) is 111 Å². The number of fused-ring (bicyclic) bond motifs is 1. The molecule has 0 saturated heterocycles. The van der Waals surface area contributed by atoms with E-state index in [2.05, 4.69) is 5.32 Å². The molecule has 1 aliphatic heterocycles. The van der Waals surface area contributed by atoms with E-state index in [1.807, 2.05) is 0 Å². The predicted octanol–water partition coefficient (Wildman–Crippen LogP) is 3.08. The van der Waals surface area contributed by atoms with E-state index in [4.69, 9.17) is 14.2 Å². The zero-order chi connectivity index (χ0) is 24.3. The molecule has 3 aromatic rings. The van der Waals surface area contributed by atoms with Crippen LogP contribution in [0.15, 0.2) is 77.7 Å². The molecule has 0 bridgehead atoms. The van der Waals surface area contributed by atoms with Crippen LogP contribution in [0.3, 0.4) is 0 Å². The summed E-state index contributed by atoms with van der Waals surface area (Å²) < 4.78 is 43.8. The normalized spacial score (nSPS) is 15.0. The quantitative estimate of drug-likeness (QED) is 0.538. The highest BCUT2D eigenvalue weighted by Crippen LogP contribution is 2.37. The molecule has 0 saturated carbocycles. The molecule has 1 aliphatic rings. The van der Waals surface area contributed by atoms with E-state index in [1.54, 1.807) is 54.6 Å². The number of benzene rings is 3. The van der Waals surface area contributed by atoms with Gasteiger partial charge in [-0.1, -0.05) is 24.3 Å². The highest BCUT2D eigenvalue weighted by Gasteiger charge is 2.37. The van der Waals surface area contributed by atoms with Crippen molar-refractivity contribution in [2.75, 3.05) is 30.4 Å². The van der Waals surface area contributed by atoms with Gasteiger partial charge in [0.15, 0.2) is 6.10 Å². The van der Waals surface area contributed by atoms with Gasteiger partial charge in [0.2, 0.25) is 0 Å². The van der Waals surface area contributed by atoms with Crippen molar-refractivity contribution < 1.29 is 32.2 Å². The molecule has 9 nitrogen and oxygen atoms in total. The minimum Gasteiger partial charge on any atom is -0.497 e. The number of rotatable bonds is 6. The van der Waals surface area contributed by atoms with Crippen LogP contribution < -0.4 is 19.1 Å². The number of esters is 1. The zero-order valence-corrected chi connectivity index (χ0v) is 19.2. The Morgan fingerprint density at radius 1 is 0.971 bits per heavy atom. The van der Waals surface area contributed by atoms with E-state index in [-0.39, 0.29) is 28.4 Å². The van der Waals surface area contributed by atoms with Gasteiger partial charge in [0, 0.05) is 0 Å². The fourth-order valence-corrected chi connectivity index (χ4v) is 5.01. The fourth-order valence-electron chi connectivity index (χ4n) is 3.53. The van der Waals surface area contributed by atoms with Crippen LogP contribution >= 0.6 is 0 Å². The molecule has 0 fully saturated rings. The lowest BCUT2D eigenvalue weighted by Gasteiger charge is -2.34. The summed E-state index contributed by atoms with van der Waals surface area (Å²) in [5.74, 6) is -0.467. The smallest absolute Gasteiger partial charge is 0.339 e. The molecule has 1 N–H and O–H groups in total. The van der Waals surface area contributed by atoms with E-state index >= 15 is 0 Å². The average Bonchev–Trinajstić information content (AvgIpc) is 2.87. The number of carbonyl (C=O) groups is 2. The highest BCUT2D eigenvalue weighted by molar-refractivity contribution is 7.92. The maximum Gasteiger partial charge on any atom is 0.339 e. The van der Waals surface area contributed by atoms with Crippen molar-refractivity contribution in [3.63, 3.8) is 0 Å². The number of hydrogen-bond acceptors (Lipinski definition) is 7. The Balaban J connectivity index is 1.66. The average molecular weight is 483 g/mol. The van der Waals surface area contributed by atoms with Crippen LogP contribution in [0, 0.1) is 0 Å². The summed E-state index contributed by atoms with van der Waals surface area (Å²) in [6.07, 6.45) is -1.17. The van der Waals surface area contributed by atoms with E-state index < -0.39 is 28.0 Å². The van der Waals surface area contributed by atoms with Crippen molar-refractivity contribution in [1.29, 1.82) is 0 Å². The molecule has 0 aliphatic carbocycles. The number of hydrogen-bond donors (Lipinski definition) is 1. The zero-order valence-electron chi connectivity index (χ0n) is 18.4. The molecule has 4 rings (SSSR count). The number of anilines is 2. The second-order valence-electron chi connectivity index (χ2n) is 7.31. The van der Waals surface area contributed by atoms with Crippen molar-refractivity contribution >= 4 is 33.3 Å². The van der Waals surface area contributed by atoms with Gasteiger partial charge in [-0.2, -0.15) is 0 Å². The maximum absolute atomic E-state index is 13.5. The lowest BCUT2D eigenvalue weighted by atomic mass is 10.1. The van der Waals surface area contributed by atoms with Crippen molar-refractivity contribution in [3.8, 4) is 11.5 Å². The molecule has 1 atom stereocenters. The summed E-state index contributed by atoms with van der Waals surface area (Å²) in [6, 6.07) is 18.9. The van der Waals surface area contributed by atoms with Crippen LogP contribution in [0.5, 0.6) is 11.5 Å². The van der Waals surface area contributed by atoms with Crippen molar-refractivity contribution in [2.24, 2.45) is 0 Å². The Morgan fingerprint density at radius 3 is 2.35 bits per heavy atom. The van der Waals surface area contributed by atoms with Gasteiger partial charge < -0.3 is 19.5 Å². The molecule has 10 heteroatoms. The largest absolute Gasteiger partial charge is 0.497 e. The third-order valence-corrected chi connectivity index (χ3v) is 7.06. The van der Waals surface area contributed by atoms with Gasteiger partial charge in [0.05, 0.1) is 42.6 Å². The molecule has 0 unspecified atom stereocenters. The standard InChI is InChI=1S/C24H22N2O7S/c1-31-16-11-13-17(14-12-16)34(29,30)26-15-22(33-21-10-6-5-9-20(21)26)23(27)25-19-8-4-3-7-18(19)24(28)32-2/h3-14,22H,15H2,1-2H3,(H,25,27)/t22-/m0/s1. The van der Waals surface area contributed by atoms with Gasteiger partial charge in [-0.3, -0.25) is 9.10 Å². The number of nitrogens with zero attached hydrogens (tertiary/aromatic N) is 1. The summed E-state index contributed by atoms with van der Waals surface area (Å²) in [7, 11) is -1.29. The number of sulfonamides is 1. The molecule has 3 aromatic carbocycles. The molecule has 1 amide bonds.